The first-order valence-corrected chi connectivity index (χ1v) is 9.30. The van der Waals surface area contributed by atoms with E-state index in [2.05, 4.69) is 6.92 Å². The Hall–Kier alpha value is -2.37. The van der Waals surface area contributed by atoms with Crippen LogP contribution in [0.3, 0.4) is 0 Å². The van der Waals surface area contributed by atoms with E-state index < -0.39 is 18.2 Å². The van der Waals surface area contributed by atoms with Gasteiger partial charge in [-0.25, -0.2) is 4.79 Å². The van der Waals surface area contributed by atoms with Crippen molar-refractivity contribution in [2.45, 2.75) is 57.7 Å². The van der Waals surface area contributed by atoms with E-state index in [-0.39, 0.29) is 5.76 Å². The Morgan fingerprint density at radius 1 is 0.815 bits per heavy atom. The smallest absolute Gasteiger partial charge is 0.328 e. The number of hydrogen-bond donors (Lipinski definition) is 4. The Morgan fingerprint density at radius 3 is 2.04 bits per heavy atom. The molecule has 0 aromatic carbocycles. The number of rotatable bonds is 14. The first-order chi connectivity index (χ1) is 13.0. The Labute approximate surface area is 162 Å². The maximum absolute atomic E-state index is 10.2. The van der Waals surface area contributed by atoms with Crippen molar-refractivity contribution in [1.82, 2.24) is 0 Å². The average Bonchev–Trinajstić information content (AvgIpc) is 2.63. The molecule has 5 heteroatoms. The molecule has 0 saturated carbocycles. The summed E-state index contributed by atoms with van der Waals surface area (Å²) in [7, 11) is 0. The van der Waals surface area contributed by atoms with E-state index in [1.807, 2.05) is 6.08 Å². The molecule has 0 saturated heterocycles. The van der Waals surface area contributed by atoms with Crippen LogP contribution in [0.2, 0.25) is 0 Å². The number of aliphatic carboxylic acids is 1. The molecule has 0 heterocycles. The van der Waals surface area contributed by atoms with Crippen molar-refractivity contribution in [3.8, 4) is 0 Å². The number of unbranched alkanes of at least 4 members (excludes halogenated alkanes) is 2. The van der Waals surface area contributed by atoms with Gasteiger partial charge in [0.25, 0.3) is 0 Å². The molecule has 0 bridgehead atoms. The largest absolute Gasteiger partial charge is 0.508 e. The van der Waals surface area contributed by atoms with Crippen molar-refractivity contribution in [3.63, 3.8) is 0 Å². The van der Waals surface area contributed by atoms with E-state index in [0.717, 1.165) is 25.3 Å². The number of carboxylic acid groups (broad SMARTS) is 1. The van der Waals surface area contributed by atoms with Crippen LogP contribution in [0.15, 0.2) is 72.6 Å². The second-order valence-corrected chi connectivity index (χ2v) is 6.05. The number of carbonyl (C=O) groups is 1. The lowest BCUT2D eigenvalue weighted by Gasteiger charge is -2.16. The zero-order valence-electron chi connectivity index (χ0n) is 15.9. The van der Waals surface area contributed by atoms with Gasteiger partial charge < -0.3 is 20.4 Å². The predicted molar refractivity (Wildman–Crippen MR) is 109 cm³/mol. The highest BCUT2D eigenvalue weighted by Gasteiger charge is 2.14. The molecule has 0 aliphatic carbocycles. The molecule has 0 aromatic rings. The van der Waals surface area contributed by atoms with Crippen LogP contribution in [0, 0.1) is 0 Å². The summed E-state index contributed by atoms with van der Waals surface area (Å²) in [4.78, 5) is 10.2. The second-order valence-electron chi connectivity index (χ2n) is 6.05. The molecule has 2 unspecified atom stereocenters. The van der Waals surface area contributed by atoms with E-state index in [0.29, 0.717) is 19.3 Å². The summed E-state index contributed by atoms with van der Waals surface area (Å²) in [5.41, 5.74) is 0. The lowest BCUT2D eigenvalue weighted by atomic mass is 10.0. The monoisotopic (exact) mass is 376 g/mol. The molecule has 0 aliphatic rings. The van der Waals surface area contributed by atoms with Crippen molar-refractivity contribution < 1.29 is 25.2 Å². The molecule has 4 N–H and O–H groups in total. The summed E-state index contributed by atoms with van der Waals surface area (Å²) in [6.45, 7) is 2.10. The van der Waals surface area contributed by atoms with Crippen molar-refractivity contribution in [2.75, 3.05) is 0 Å². The average molecular weight is 376 g/mol. The molecule has 0 aliphatic heterocycles. The maximum atomic E-state index is 10.2. The van der Waals surface area contributed by atoms with Crippen LogP contribution in [0.5, 0.6) is 0 Å². The van der Waals surface area contributed by atoms with Gasteiger partial charge in [0.15, 0.2) is 0 Å². The van der Waals surface area contributed by atoms with Gasteiger partial charge in [-0.2, -0.15) is 0 Å². The number of aliphatic hydroxyl groups excluding tert-OH is 3. The van der Waals surface area contributed by atoms with Crippen molar-refractivity contribution in [2.24, 2.45) is 0 Å². The molecule has 2 atom stereocenters. The topological polar surface area (TPSA) is 98.0 Å². The van der Waals surface area contributed by atoms with E-state index in [9.17, 15) is 20.1 Å². The number of carboxylic acids is 1. The number of aliphatic hydroxyl groups is 3. The minimum absolute atomic E-state index is 0.0887. The fraction of sp³-hybridized carbons (Fsp3) is 0.409. The second kappa shape index (κ2) is 17.1. The van der Waals surface area contributed by atoms with Gasteiger partial charge >= 0.3 is 5.97 Å². The molecule has 5 nitrogen and oxygen atoms in total. The van der Waals surface area contributed by atoms with Crippen LogP contribution < -0.4 is 0 Å². The van der Waals surface area contributed by atoms with E-state index in [1.165, 1.54) is 12.2 Å². The van der Waals surface area contributed by atoms with Gasteiger partial charge in [-0.1, -0.05) is 74.8 Å². The third-order valence-corrected chi connectivity index (χ3v) is 3.64. The predicted octanol–water partition coefficient (Wildman–Crippen LogP) is 4.38. The lowest BCUT2D eigenvalue weighted by Crippen LogP contribution is -2.25. The molecule has 0 radical (unpaired) electrons. The number of hydrogen-bond acceptors (Lipinski definition) is 4. The highest BCUT2D eigenvalue weighted by molar-refractivity contribution is 5.80. The van der Waals surface area contributed by atoms with Gasteiger partial charge in [-0.15, -0.1) is 0 Å². The summed E-state index contributed by atoms with van der Waals surface area (Å²) < 4.78 is 0. The van der Waals surface area contributed by atoms with Crippen LogP contribution in [0.1, 0.15) is 45.4 Å². The Kier molecular flexibility index (Phi) is 15.6. The molecular formula is C22H32O5. The molecular weight excluding hydrogens is 344 g/mol. The molecule has 0 fully saturated rings. The van der Waals surface area contributed by atoms with Crippen LogP contribution in [0.4, 0.5) is 0 Å². The van der Waals surface area contributed by atoms with Crippen LogP contribution in [0.25, 0.3) is 0 Å². The summed E-state index contributed by atoms with van der Waals surface area (Å²) in [5.74, 6) is -0.907. The Morgan fingerprint density at radius 2 is 1.41 bits per heavy atom. The number of allylic oxidation sites excluding steroid dienone is 10. The normalized spacial score (nSPS) is 15.7. The SMILES string of the molecule is CCCCCC(O)C(O)CC/C=C/C=C(O)/C=C/C=C/C=C/C=C/C(=O)O. The third-order valence-electron chi connectivity index (χ3n) is 3.64. The first kappa shape index (κ1) is 24.6. The van der Waals surface area contributed by atoms with E-state index >= 15 is 0 Å². The van der Waals surface area contributed by atoms with Gasteiger partial charge in [-0.05, 0) is 31.4 Å². The Balaban J connectivity index is 4.07. The highest BCUT2D eigenvalue weighted by atomic mass is 16.4. The van der Waals surface area contributed by atoms with Crippen LogP contribution in [-0.2, 0) is 4.79 Å². The van der Waals surface area contributed by atoms with Crippen molar-refractivity contribution >= 4 is 5.97 Å². The Bertz CT molecular complexity index is 567. The van der Waals surface area contributed by atoms with Crippen LogP contribution >= 0.6 is 0 Å². The lowest BCUT2D eigenvalue weighted by molar-refractivity contribution is -0.131. The molecule has 0 aromatic heterocycles. The van der Waals surface area contributed by atoms with Crippen LogP contribution in [-0.4, -0.2) is 38.6 Å². The highest BCUT2D eigenvalue weighted by Crippen LogP contribution is 2.11. The first-order valence-electron chi connectivity index (χ1n) is 9.30. The standard InChI is InChI=1S/C22H32O5/c1-2-3-9-16-20(24)21(25)17-12-8-11-15-19(23)14-10-6-4-5-7-13-18-22(26)27/h4-8,10-11,13-15,18,20-21,23-25H,2-3,9,12,16-17H2,1H3,(H,26,27)/b6-4+,7-5+,11-8+,14-10+,18-13+,19-15-. The van der Waals surface area contributed by atoms with Gasteiger partial charge in [0.2, 0.25) is 0 Å². The maximum Gasteiger partial charge on any atom is 0.328 e. The summed E-state index contributed by atoms with van der Waals surface area (Å²) in [5, 5.41) is 37.8. The van der Waals surface area contributed by atoms with Gasteiger partial charge in [-0.3, -0.25) is 0 Å². The van der Waals surface area contributed by atoms with Crippen molar-refractivity contribution in [1.29, 1.82) is 0 Å². The quantitative estimate of drug-likeness (QED) is 0.156. The summed E-state index contributed by atoms with van der Waals surface area (Å²) in [6, 6.07) is 0. The third kappa shape index (κ3) is 16.8. The van der Waals surface area contributed by atoms with E-state index in [1.54, 1.807) is 42.5 Å². The summed E-state index contributed by atoms with van der Waals surface area (Å²) in [6.07, 6.45) is 20.8. The zero-order valence-corrected chi connectivity index (χ0v) is 15.9. The van der Waals surface area contributed by atoms with Gasteiger partial charge in [0, 0.05) is 6.08 Å². The molecule has 0 rings (SSSR count). The molecule has 0 amide bonds. The zero-order chi connectivity index (χ0) is 20.3. The molecule has 150 valence electrons. The minimum atomic E-state index is -0.996. The molecule has 27 heavy (non-hydrogen) atoms. The fourth-order valence-electron chi connectivity index (χ4n) is 2.12. The fourth-order valence-corrected chi connectivity index (χ4v) is 2.12. The summed E-state index contributed by atoms with van der Waals surface area (Å²) >= 11 is 0. The molecule has 0 spiro atoms. The van der Waals surface area contributed by atoms with E-state index in [4.69, 9.17) is 5.11 Å². The van der Waals surface area contributed by atoms with Crippen molar-refractivity contribution in [3.05, 3.63) is 72.6 Å². The minimum Gasteiger partial charge on any atom is -0.508 e. The van der Waals surface area contributed by atoms with Gasteiger partial charge in [0.1, 0.15) is 5.76 Å². The van der Waals surface area contributed by atoms with Gasteiger partial charge in [0.05, 0.1) is 12.2 Å².